The van der Waals surface area contributed by atoms with Crippen LogP contribution in [-0.2, 0) is 26.0 Å². The first-order valence-electron chi connectivity index (χ1n) is 17.6. The number of rotatable bonds is 7. The Bertz CT molecular complexity index is 1770. The molecule has 2 aromatic carbocycles. The number of aromatic nitrogens is 2. The summed E-state index contributed by atoms with van der Waals surface area (Å²) in [5, 5.41) is 1.18. The molecule has 51 heavy (non-hydrogen) atoms. The van der Waals surface area contributed by atoms with Gasteiger partial charge in [0.1, 0.15) is 22.7 Å². The zero-order valence-electron chi connectivity index (χ0n) is 30.3. The van der Waals surface area contributed by atoms with E-state index in [-0.39, 0.29) is 17.4 Å². The van der Waals surface area contributed by atoms with Crippen LogP contribution in [0.1, 0.15) is 64.1 Å². The molecule has 4 heterocycles. The lowest BCUT2D eigenvalue weighted by Crippen LogP contribution is -2.61. The molecule has 0 N–H and O–H groups in total. The van der Waals surface area contributed by atoms with Crippen molar-refractivity contribution in [3.8, 4) is 5.88 Å². The molecule has 2 saturated heterocycles. The van der Waals surface area contributed by atoms with Crippen molar-refractivity contribution in [3.63, 3.8) is 0 Å². The third kappa shape index (κ3) is 7.18. The Labute approximate surface area is 310 Å². The summed E-state index contributed by atoms with van der Waals surface area (Å²) in [6.07, 6.45) is 1.72. The smallest absolute Gasteiger partial charge is 0.326 e. The van der Waals surface area contributed by atoms with Gasteiger partial charge in [-0.1, -0.05) is 68.2 Å². The van der Waals surface area contributed by atoms with Crippen molar-refractivity contribution in [2.24, 2.45) is 4.99 Å². The normalized spacial score (nSPS) is 23.0. The number of nitrogens with zero attached hydrogens (tertiary/aromatic N) is 7. The van der Waals surface area contributed by atoms with Crippen molar-refractivity contribution < 1.29 is 19.1 Å². The number of amidine groups is 1. The molecule has 0 spiro atoms. The van der Waals surface area contributed by atoms with Crippen LogP contribution >= 0.6 is 23.2 Å². The first-order valence-corrected chi connectivity index (χ1v) is 18.3. The number of morpholine rings is 1. The quantitative estimate of drug-likeness (QED) is 0.295. The highest BCUT2D eigenvalue weighted by molar-refractivity contribution is 6.30. The van der Waals surface area contributed by atoms with Gasteiger partial charge >= 0.3 is 6.03 Å². The first kappa shape index (κ1) is 37.0. The molecule has 0 bridgehead atoms. The molecule has 6 rings (SSSR count). The molecular formula is C38H47Cl2N7O4. The fourth-order valence-corrected chi connectivity index (χ4v) is 7.29. The second kappa shape index (κ2) is 14.7. The molecule has 3 aliphatic heterocycles. The van der Waals surface area contributed by atoms with Gasteiger partial charge in [-0.15, -0.1) is 0 Å². The Morgan fingerprint density at radius 2 is 1.45 bits per heavy atom. The predicted octanol–water partition coefficient (Wildman–Crippen LogP) is 5.97. The van der Waals surface area contributed by atoms with E-state index in [1.165, 1.54) is 0 Å². The van der Waals surface area contributed by atoms with Crippen molar-refractivity contribution in [1.82, 2.24) is 29.6 Å². The summed E-state index contributed by atoms with van der Waals surface area (Å²) in [5.41, 5.74) is -0.172. The van der Waals surface area contributed by atoms with Crippen LogP contribution in [0.15, 0.2) is 59.7 Å². The molecule has 0 aliphatic carbocycles. The van der Waals surface area contributed by atoms with Crippen molar-refractivity contribution in [1.29, 1.82) is 0 Å². The Hall–Kier alpha value is -3.77. The molecular weight excluding hydrogens is 689 g/mol. The van der Waals surface area contributed by atoms with Crippen molar-refractivity contribution in [2.75, 3.05) is 65.6 Å². The van der Waals surface area contributed by atoms with Crippen molar-refractivity contribution in [3.05, 3.63) is 87.3 Å². The molecule has 1 aromatic heterocycles. The van der Waals surface area contributed by atoms with Crippen LogP contribution in [0, 0.1) is 0 Å². The van der Waals surface area contributed by atoms with E-state index in [2.05, 4.69) is 4.90 Å². The third-order valence-electron chi connectivity index (χ3n) is 10.3. The fourth-order valence-electron chi connectivity index (χ4n) is 7.04. The Morgan fingerprint density at radius 1 is 0.863 bits per heavy atom. The van der Waals surface area contributed by atoms with E-state index in [1.807, 2.05) is 99.9 Å². The largest absolute Gasteiger partial charge is 0.477 e. The minimum absolute atomic E-state index is 0.0863. The minimum atomic E-state index is -1.06. The molecule has 13 heteroatoms. The Kier molecular flexibility index (Phi) is 10.7. The van der Waals surface area contributed by atoms with Crippen LogP contribution in [0.2, 0.25) is 10.0 Å². The maximum Gasteiger partial charge on any atom is 0.326 e. The molecule has 0 radical (unpaired) electrons. The number of halogens is 2. The van der Waals surface area contributed by atoms with Gasteiger partial charge in [-0.3, -0.25) is 19.6 Å². The van der Waals surface area contributed by atoms with Crippen LogP contribution in [0.4, 0.5) is 4.79 Å². The molecule has 2 atom stereocenters. The van der Waals surface area contributed by atoms with E-state index in [0.717, 1.165) is 11.1 Å². The number of hydrogen-bond acceptors (Lipinski definition) is 8. The first-order chi connectivity index (χ1) is 24.3. The monoisotopic (exact) mass is 735 g/mol. The van der Waals surface area contributed by atoms with E-state index in [0.29, 0.717) is 98.8 Å². The highest BCUT2D eigenvalue weighted by Crippen LogP contribution is 2.54. The molecule has 3 aromatic rings. The number of carbonyl (C=O) groups is 2. The van der Waals surface area contributed by atoms with Gasteiger partial charge < -0.3 is 19.3 Å². The van der Waals surface area contributed by atoms with Gasteiger partial charge in [-0.05, 0) is 56.2 Å². The maximum atomic E-state index is 15.2. The lowest BCUT2D eigenvalue weighted by atomic mass is 9.71. The summed E-state index contributed by atoms with van der Waals surface area (Å²) in [4.78, 5) is 51.0. The van der Waals surface area contributed by atoms with Crippen LogP contribution in [0.5, 0.6) is 5.88 Å². The van der Waals surface area contributed by atoms with Gasteiger partial charge in [-0.25, -0.2) is 9.78 Å². The summed E-state index contributed by atoms with van der Waals surface area (Å²) in [5.74, 6) is 1.47. The van der Waals surface area contributed by atoms with Crippen LogP contribution in [0.3, 0.4) is 0 Å². The van der Waals surface area contributed by atoms with E-state index in [9.17, 15) is 4.79 Å². The number of hydrogen-bond donors (Lipinski definition) is 0. The number of ether oxygens (including phenoxy) is 2. The zero-order chi connectivity index (χ0) is 36.6. The van der Waals surface area contributed by atoms with Crippen LogP contribution in [-0.4, -0.2) is 113 Å². The number of carbonyl (C=O) groups excluding carboxylic acids is 2. The standard InChI is InChI=1S/C38H47Cl2N7O4/c1-7-51-33-30(24-41-34(42-33)36(2,3)4)32-43-37(5,26-8-12-28(39)13-9-26)38(6,27-10-14-29(40)15-11-27)47(32)35(49)46-18-16-44(17-19-46)25-31(48)45-20-22-50-23-21-45/h8-15,24H,7,16-23,25H2,1-6H3/t37-,38+/m0/s1. The summed E-state index contributed by atoms with van der Waals surface area (Å²) in [6, 6.07) is 15.0. The molecule has 3 amide bonds. The van der Waals surface area contributed by atoms with Gasteiger partial charge in [0.15, 0.2) is 0 Å². The predicted molar refractivity (Wildman–Crippen MR) is 199 cm³/mol. The fraction of sp³-hybridized carbons (Fsp3) is 0.500. The average molecular weight is 737 g/mol. The van der Waals surface area contributed by atoms with Crippen molar-refractivity contribution >= 4 is 41.0 Å². The molecule has 3 aliphatic rings. The molecule has 0 unspecified atom stereocenters. The second-order valence-electron chi connectivity index (χ2n) is 14.6. The number of amides is 3. The highest BCUT2D eigenvalue weighted by Gasteiger charge is 2.60. The lowest BCUT2D eigenvalue weighted by molar-refractivity contribution is -0.136. The second-order valence-corrected chi connectivity index (χ2v) is 15.4. The number of benzene rings is 2. The summed E-state index contributed by atoms with van der Waals surface area (Å²) < 4.78 is 11.6. The highest BCUT2D eigenvalue weighted by atomic mass is 35.5. The van der Waals surface area contributed by atoms with E-state index in [1.54, 1.807) is 11.1 Å². The number of aliphatic imine (C=N–C) groups is 1. The Morgan fingerprint density at radius 3 is 2.02 bits per heavy atom. The maximum absolute atomic E-state index is 15.2. The van der Waals surface area contributed by atoms with Crippen LogP contribution in [0.25, 0.3) is 0 Å². The van der Waals surface area contributed by atoms with Gasteiger partial charge in [0.05, 0.1) is 31.9 Å². The van der Waals surface area contributed by atoms with Gasteiger partial charge in [0.25, 0.3) is 0 Å². The minimum Gasteiger partial charge on any atom is -0.477 e. The topological polar surface area (TPSA) is 104 Å². The summed E-state index contributed by atoms with van der Waals surface area (Å²) in [6.45, 7) is 17.1. The van der Waals surface area contributed by atoms with Crippen LogP contribution < -0.4 is 4.74 Å². The average Bonchev–Trinajstić information content (AvgIpc) is 3.36. The lowest BCUT2D eigenvalue weighted by Gasteiger charge is -2.47. The van der Waals surface area contributed by atoms with Gasteiger partial charge in [0, 0.05) is 60.9 Å². The van der Waals surface area contributed by atoms with E-state index < -0.39 is 11.1 Å². The number of urea groups is 1. The SMILES string of the molecule is CCOc1nc(C(C)(C)C)ncc1C1=N[C@@](C)(c2ccc(Cl)cc2)[C@@](C)(c2ccc(Cl)cc2)N1C(=O)N1CCN(CC(=O)N2CCOCC2)CC1. The van der Waals surface area contributed by atoms with Crippen molar-refractivity contribution in [2.45, 2.75) is 58.0 Å². The van der Waals surface area contributed by atoms with Gasteiger partial charge in [0.2, 0.25) is 11.8 Å². The molecule has 2 fully saturated rings. The molecule has 0 saturated carbocycles. The Balaban J connectivity index is 1.44. The molecule has 11 nitrogen and oxygen atoms in total. The van der Waals surface area contributed by atoms with E-state index >= 15 is 4.79 Å². The van der Waals surface area contributed by atoms with Gasteiger partial charge in [-0.2, -0.15) is 4.98 Å². The molecule has 272 valence electrons. The third-order valence-corrected chi connectivity index (χ3v) is 10.8. The summed E-state index contributed by atoms with van der Waals surface area (Å²) in [7, 11) is 0. The number of piperazine rings is 1. The zero-order valence-corrected chi connectivity index (χ0v) is 31.8. The van der Waals surface area contributed by atoms with E-state index in [4.69, 9.17) is 47.6 Å². The summed E-state index contributed by atoms with van der Waals surface area (Å²) >= 11 is 12.8.